The number of carbonyl (C=O) groups excluding carboxylic acids is 3. The van der Waals surface area contributed by atoms with E-state index in [0.29, 0.717) is 31.0 Å². The zero-order chi connectivity index (χ0) is 24.6. The number of aryl methyl sites for hydroxylation is 1. The minimum absolute atomic E-state index is 0.0362. The van der Waals surface area contributed by atoms with Crippen LogP contribution in [0.5, 0.6) is 5.75 Å². The number of hydrazine groups is 1. The van der Waals surface area contributed by atoms with Crippen molar-refractivity contribution in [3.05, 3.63) is 65.7 Å². The van der Waals surface area contributed by atoms with Gasteiger partial charge >= 0.3 is 6.03 Å². The highest BCUT2D eigenvalue weighted by Crippen LogP contribution is 2.29. The first kappa shape index (κ1) is 25.2. The van der Waals surface area contributed by atoms with Crippen LogP contribution in [0.15, 0.2) is 54.6 Å². The van der Waals surface area contributed by atoms with Crippen LogP contribution in [-0.4, -0.2) is 68.2 Å². The minimum atomic E-state index is -1.29. The highest BCUT2D eigenvalue weighted by molar-refractivity contribution is 6.08. The molecule has 1 unspecified atom stereocenters. The van der Waals surface area contributed by atoms with E-state index in [1.165, 1.54) is 5.56 Å². The van der Waals surface area contributed by atoms with Crippen molar-refractivity contribution in [1.29, 1.82) is 0 Å². The number of methoxy groups -OCH3 is 2. The molecule has 9 heteroatoms. The maximum atomic E-state index is 13.1. The third kappa shape index (κ3) is 6.12. The highest BCUT2D eigenvalue weighted by atomic mass is 16.5. The van der Waals surface area contributed by atoms with Crippen molar-refractivity contribution >= 4 is 17.8 Å². The van der Waals surface area contributed by atoms with Gasteiger partial charge in [0.2, 0.25) is 0 Å². The Kier molecular flexibility index (Phi) is 8.61. The molecule has 3 rings (SSSR count). The maximum absolute atomic E-state index is 13.1. The number of rotatable bonds is 12. The second-order valence-corrected chi connectivity index (χ2v) is 8.32. The van der Waals surface area contributed by atoms with Gasteiger partial charge in [0.1, 0.15) is 11.3 Å². The maximum Gasteiger partial charge on any atom is 0.344 e. The Balaban J connectivity index is 1.59. The van der Waals surface area contributed by atoms with Crippen LogP contribution in [0, 0.1) is 0 Å². The van der Waals surface area contributed by atoms with E-state index in [0.717, 1.165) is 17.9 Å². The molecule has 0 aromatic heterocycles. The first-order valence-corrected chi connectivity index (χ1v) is 11.2. The lowest BCUT2D eigenvalue weighted by atomic mass is 9.92. The van der Waals surface area contributed by atoms with Crippen LogP contribution in [0.25, 0.3) is 0 Å². The lowest BCUT2D eigenvalue weighted by Gasteiger charge is -2.24. The van der Waals surface area contributed by atoms with Crippen LogP contribution in [-0.2, 0) is 26.3 Å². The van der Waals surface area contributed by atoms with Gasteiger partial charge in [-0.2, -0.15) is 5.01 Å². The summed E-state index contributed by atoms with van der Waals surface area (Å²) in [7, 11) is 3.16. The summed E-state index contributed by atoms with van der Waals surface area (Å²) in [5.41, 5.74) is 3.00. The summed E-state index contributed by atoms with van der Waals surface area (Å²) in [6.45, 7) is 3.35. The summed E-state index contributed by atoms with van der Waals surface area (Å²) >= 11 is 0. The number of nitrogens with zero attached hydrogens (tertiary/aromatic N) is 2. The minimum Gasteiger partial charge on any atom is -0.497 e. The summed E-state index contributed by atoms with van der Waals surface area (Å²) in [5.74, 6) is -0.362. The molecule has 1 heterocycles. The number of hydrogen-bond acceptors (Lipinski definition) is 6. The van der Waals surface area contributed by atoms with Gasteiger partial charge in [-0.15, -0.1) is 0 Å². The third-order valence-corrected chi connectivity index (χ3v) is 5.86. The first-order valence-electron chi connectivity index (χ1n) is 11.2. The number of nitrogens with one attached hydrogen (secondary N) is 2. The number of benzene rings is 2. The number of urea groups is 1. The quantitative estimate of drug-likeness (QED) is 0.463. The lowest BCUT2D eigenvalue weighted by molar-refractivity contribution is -0.139. The van der Waals surface area contributed by atoms with E-state index in [4.69, 9.17) is 9.47 Å². The molecule has 2 N–H and O–H groups in total. The Morgan fingerprint density at radius 2 is 1.76 bits per heavy atom. The van der Waals surface area contributed by atoms with Gasteiger partial charge in [0.15, 0.2) is 0 Å². The molecule has 1 aliphatic heterocycles. The predicted octanol–water partition coefficient (Wildman–Crippen LogP) is 2.07. The van der Waals surface area contributed by atoms with Gasteiger partial charge in [-0.05, 0) is 49.6 Å². The van der Waals surface area contributed by atoms with Crippen molar-refractivity contribution in [2.45, 2.75) is 25.3 Å². The molecule has 182 valence electrons. The van der Waals surface area contributed by atoms with Crippen LogP contribution < -0.4 is 15.5 Å². The molecular formula is C25H32N4O5. The Morgan fingerprint density at radius 1 is 1.06 bits per heavy atom. The Morgan fingerprint density at radius 3 is 2.41 bits per heavy atom. The molecule has 0 radical (unpaired) electrons. The number of ether oxygens (including phenoxy) is 2. The fourth-order valence-electron chi connectivity index (χ4n) is 3.87. The lowest BCUT2D eigenvalue weighted by Crippen LogP contribution is -2.51. The van der Waals surface area contributed by atoms with Crippen molar-refractivity contribution in [2.24, 2.45) is 0 Å². The van der Waals surface area contributed by atoms with Gasteiger partial charge in [0.05, 0.1) is 20.3 Å². The zero-order valence-corrected chi connectivity index (χ0v) is 19.9. The monoisotopic (exact) mass is 468 g/mol. The highest BCUT2D eigenvalue weighted by Gasteiger charge is 2.50. The van der Waals surface area contributed by atoms with Gasteiger partial charge in [0, 0.05) is 13.7 Å². The molecule has 1 fully saturated rings. The summed E-state index contributed by atoms with van der Waals surface area (Å²) in [4.78, 5) is 40.3. The zero-order valence-electron chi connectivity index (χ0n) is 19.9. The Hall–Kier alpha value is -3.43. The van der Waals surface area contributed by atoms with Gasteiger partial charge in [-0.3, -0.25) is 19.9 Å². The van der Waals surface area contributed by atoms with E-state index < -0.39 is 23.4 Å². The normalized spacial score (nSPS) is 17.7. The number of imide groups is 1. The summed E-state index contributed by atoms with van der Waals surface area (Å²) in [6, 6.07) is 16.3. The fourth-order valence-corrected chi connectivity index (χ4v) is 3.87. The van der Waals surface area contributed by atoms with E-state index in [-0.39, 0.29) is 6.54 Å². The van der Waals surface area contributed by atoms with Gasteiger partial charge in [-0.25, -0.2) is 4.79 Å². The van der Waals surface area contributed by atoms with Crippen molar-refractivity contribution in [3.63, 3.8) is 0 Å². The second-order valence-electron chi connectivity index (χ2n) is 8.32. The molecular weight excluding hydrogens is 436 g/mol. The SMILES string of the molecule is COCCN(CCCc1ccccc1)CC(=O)NN1C(=O)NC(C)(c2ccc(OC)cc2)C1=O. The molecule has 1 aliphatic rings. The standard InChI is InChI=1S/C25H32N4O5/c1-25(20-11-13-21(34-3)14-12-20)23(31)29(24(32)26-25)27-22(30)18-28(16-17-33-2)15-7-10-19-8-5-4-6-9-19/h4-6,8-9,11-14H,7,10,15-18H2,1-3H3,(H,26,32)(H,27,30). The van der Waals surface area contributed by atoms with Gasteiger partial charge in [-0.1, -0.05) is 42.5 Å². The van der Waals surface area contributed by atoms with Crippen LogP contribution in [0.1, 0.15) is 24.5 Å². The van der Waals surface area contributed by atoms with E-state index in [9.17, 15) is 14.4 Å². The number of hydrogen-bond donors (Lipinski definition) is 2. The summed E-state index contributed by atoms with van der Waals surface area (Å²) in [6.07, 6.45) is 1.75. The average molecular weight is 469 g/mol. The van der Waals surface area contributed by atoms with Gasteiger partial charge < -0.3 is 14.8 Å². The van der Waals surface area contributed by atoms with E-state index in [1.807, 2.05) is 23.1 Å². The van der Waals surface area contributed by atoms with Crippen LogP contribution in [0.4, 0.5) is 4.79 Å². The van der Waals surface area contributed by atoms with Crippen LogP contribution >= 0.6 is 0 Å². The molecule has 0 spiro atoms. The molecule has 0 saturated carbocycles. The Labute approximate surface area is 200 Å². The molecule has 34 heavy (non-hydrogen) atoms. The predicted molar refractivity (Wildman–Crippen MR) is 127 cm³/mol. The fraction of sp³-hybridized carbons (Fsp3) is 0.400. The molecule has 2 aromatic carbocycles. The summed E-state index contributed by atoms with van der Waals surface area (Å²) < 4.78 is 10.3. The summed E-state index contributed by atoms with van der Waals surface area (Å²) in [5, 5.41) is 3.43. The van der Waals surface area contributed by atoms with Crippen molar-refractivity contribution in [1.82, 2.24) is 20.7 Å². The molecule has 2 aromatic rings. The molecule has 9 nitrogen and oxygen atoms in total. The van der Waals surface area contributed by atoms with Crippen LogP contribution in [0.2, 0.25) is 0 Å². The van der Waals surface area contributed by atoms with E-state index >= 15 is 0 Å². The Bertz CT molecular complexity index is 983. The average Bonchev–Trinajstić information content (AvgIpc) is 3.06. The first-order chi connectivity index (χ1) is 16.4. The van der Waals surface area contributed by atoms with Gasteiger partial charge in [0.25, 0.3) is 11.8 Å². The molecule has 0 bridgehead atoms. The molecule has 4 amide bonds. The number of amides is 4. The van der Waals surface area contributed by atoms with Crippen LogP contribution in [0.3, 0.4) is 0 Å². The van der Waals surface area contributed by atoms with Crippen molar-refractivity contribution in [3.8, 4) is 5.75 Å². The van der Waals surface area contributed by atoms with E-state index in [2.05, 4.69) is 22.9 Å². The molecule has 0 aliphatic carbocycles. The molecule has 1 atom stereocenters. The smallest absolute Gasteiger partial charge is 0.344 e. The van der Waals surface area contributed by atoms with E-state index in [1.54, 1.807) is 45.4 Å². The molecule has 1 saturated heterocycles. The topological polar surface area (TPSA) is 100 Å². The second kappa shape index (κ2) is 11.6. The van der Waals surface area contributed by atoms with Crippen molar-refractivity contribution in [2.75, 3.05) is 40.5 Å². The number of carbonyl (C=O) groups is 3. The third-order valence-electron chi connectivity index (χ3n) is 5.86. The van der Waals surface area contributed by atoms with Crippen molar-refractivity contribution < 1.29 is 23.9 Å². The largest absolute Gasteiger partial charge is 0.497 e.